The SMILES string of the molecule is [B]c1nc2c(=O)c(N3CCN(C(=O)OC(C)(C)C)CC3)c(CC)[nH]c2cc1F. The molecule has 1 N–H and O–H groups in total. The Morgan fingerprint density at radius 3 is 2.54 bits per heavy atom. The molecule has 0 aliphatic carbocycles. The third kappa shape index (κ3) is 3.98. The van der Waals surface area contributed by atoms with Gasteiger partial charge >= 0.3 is 6.09 Å². The summed E-state index contributed by atoms with van der Waals surface area (Å²) in [5.41, 5.74) is 0.489. The fourth-order valence-corrected chi connectivity index (χ4v) is 3.27. The van der Waals surface area contributed by atoms with Crippen LogP contribution in [0.3, 0.4) is 0 Å². The van der Waals surface area contributed by atoms with Gasteiger partial charge in [0.05, 0.1) is 5.52 Å². The maximum absolute atomic E-state index is 13.7. The summed E-state index contributed by atoms with van der Waals surface area (Å²) in [6.45, 7) is 9.23. The van der Waals surface area contributed by atoms with Gasteiger partial charge in [-0.05, 0) is 27.2 Å². The number of ether oxygens (including phenoxy) is 1. The quantitative estimate of drug-likeness (QED) is 0.792. The number of amides is 1. The number of carbonyl (C=O) groups excluding carboxylic acids is 1. The van der Waals surface area contributed by atoms with Crippen LogP contribution in [0.15, 0.2) is 10.9 Å². The van der Waals surface area contributed by atoms with Crippen LogP contribution in [0, 0.1) is 5.82 Å². The molecule has 0 atom stereocenters. The lowest BCUT2D eigenvalue weighted by Crippen LogP contribution is -2.51. The van der Waals surface area contributed by atoms with E-state index < -0.39 is 11.4 Å². The summed E-state index contributed by atoms with van der Waals surface area (Å²) in [6.07, 6.45) is 0.207. The molecule has 1 aliphatic heterocycles. The first-order chi connectivity index (χ1) is 13.1. The van der Waals surface area contributed by atoms with Gasteiger partial charge in [-0.15, -0.1) is 0 Å². The molecule has 0 saturated carbocycles. The van der Waals surface area contributed by atoms with Crippen LogP contribution >= 0.6 is 0 Å². The van der Waals surface area contributed by atoms with Crippen LogP contribution in [-0.2, 0) is 11.2 Å². The van der Waals surface area contributed by atoms with Crippen LogP contribution in [0.4, 0.5) is 14.9 Å². The predicted molar refractivity (Wildman–Crippen MR) is 107 cm³/mol. The number of nitrogens with zero attached hydrogens (tertiary/aromatic N) is 3. The molecular weight excluding hydrogens is 362 g/mol. The number of anilines is 1. The molecule has 1 aliphatic rings. The Bertz CT molecular complexity index is 962. The number of nitrogens with one attached hydrogen (secondary N) is 1. The van der Waals surface area contributed by atoms with Crippen LogP contribution in [0.5, 0.6) is 0 Å². The van der Waals surface area contributed by atoms with Gasteiger partial charge in [0.1, 0.15) is 30.5 Å². The van der Waals surface area contributed by atoms with Crippen molar-refractivity contribution < 1.29 is 13.9 Å². The Kier molecular flexibility index (Phi) is 5.36. The number of aromatic amines is 1. The molecule has 28 heavy (non-hydrogen) atoms. The van der Waals surface area contributed by atoms with Crippen molar-refractivity contribution in [3.8, 4) is 0 Å². The molecule has 0 unspecified atom stereocenters. The van der Waals surface area contributed by atoms with Gasteiger partial charge in [-0.25, -0.2) is 9.18 Å². The number of halogens is 1. The number of pyridine rings is 2. The van der Waals surface area contributed by atoms with Crippen molar-refractivity contribution in [1.82, 2.24) is 14.9 Å². The third-order valence-electron chi connectivity index (χ3n) is 4.61. The normalized spacial score (nSPS) is 15.2. The maximum Gasteiger partial charge on any atom is 0.410 e. The van der Waals surface area contributed by atoms with Crippen molar-refractivity contribution in [1.29, 1.82) is 0 Å². The van der Waals surface area contributed by atoms with Gasteiger partial charge in [-0.3, -0.25) is 9.78 Å². The summed E-state index contributed by atoms with van der Waals surface area (Å²) in [7, 11) is 5.55. The molecule has 3 rings (SSSR count). The number of carbonyl (C=O) groups is 1. The van der Waals surface area contributed by atoms with Crippen molar-refractivity contribution in [2.45, 2.75) is 39.7 Å². The number of rotatable bonds is 2. The lowest BCUT2D eigenvalue weighted by molar-refractivity contribution is 0.0240. The molecule has 0 bridgehead atoms. The lowest BCUT2D eigenvalue weighted by atomic mass is 10.0. The van der Waals surface area contributed by atoms with Crippen LogP contribution in [0.1, 0.15) is 33.4 Å². The summed E-state index contributed by atoms with van der Waals surface area (Å²) in [5.74, 6) is -0.663. The number of fused-ring (bicyclic) bond motifs is 1. The van der Waals surface area contributed by atoms with Crippen molar-refractivity contribution in [3.05, 3.63) is 27.8 Å². The largest absolute Gasteiger partial charge is 0.444 e. The highest BCUT2D eigenvalue weighted by Gasteiger charge is 2.28. The van der Waals surface area contributed by atoms with Crippen LogP contribution in [0.2, 0.25) is 0 Å². The Morgan fingerprint density at radius 1 is 1.32 bits per heavy atom. The first kappa shape index (κ1) is 20.2. The molecule has 1 saturated heterocycles. The fourth-order valence-electron chi connectivity index (χ4n) is 3.27. The summed E-state index contributed by atoms with van der Waals surface area (Å²) in [4.78, 5) is 35.9. The summed E-state index contributed by atoms with van der Waals surface area (Å²) in [5, 5.41) is 0. The van der Waals surface area contributed by atoms with E-state index in [9.17, 15) is 14.0 Å². The number of aromatic nitrogens is 2. The van der Waals surface area contributed by atoms with Crippen molar-refractivity contribution in [2.24, 2.45) is 0 Å². The van der Waals surface area contributed by atoms with Crippen LogP contribution < -0.4 is 15.9 Å². The highest BCUT2D eigenvalue weighted by molar-refractivity contribution is 6.31. The van der Waals surface area contributed by atoms with E-state index in [1.54, 1.807) is 4.90 Å². The van der Waals surface area contributed by atoms with E-state index in [4.69, 9.17) is 12.6 Å². The van der Waals surface area contributed by atoms with Gasteiger partial charge in [0.25, 0.3) is 0 Å². The lowest BCUT2D eigenvalue weighted by Gasteiger charge is -2.37. The molecule has 2 aromatic heterocycles. The zero-order valence-corrected chi connectivity index (χ0v) is 16.6. The summed E-state index contributed by atoms with van der Waals surface area (Å²) >= 11 is 0. The van der Waals surface area contributed by atoms with Crippen molar-refractivity contribution in [3.63, 3.8) is 0 Å². The van der Waals surface area contributed by atoms with E-state index in [0.29, 0.717) is 49.5 Å². The number of H-pyrrole nitrogens is 1. The maximum atomic E-state index is 13.7. The molecule has 2 radical (unpaired) electrons. The number of piperazine rings is 1. The molecule has 2 aromatic rings. The average Bonchev–Trinajstić information content (AvgIpc) is 2.62. The van der Waals surface area contributed by atoms with Gasteiger partial charge in [0.2, 0.25) is 5.43 Å². The number of hydrogen-bond acceptors (Lipinski definition) is 5. The molecule has 7 nitrogen and oxygen atoms in total. The van der Waals surface area contributed by atoms with E-state index in [1.807, 2.05) is 32.6 Å². The minimum Gasteiger partial charge on any atom is -0.444 e. The van der Waals surface area contributed by atoms with Gasteiger partial charge in [0.15, 0.2) is 0 Å². The molecule has 3 heterocycles. The van der Waals surface area contributed by atoms with Crippen molar-refractivity contribution >= 4 is 36.3 Å². The zero-order valence-electron chi connectivity index (χ0n) is 16.6. The Labute approximate surface area is 164 Å². The first-order valence-electron chi connectivity index (χ1n) is 9.34. The van der Waals surface area contributed by atoms with E-state index in [1.165, 1.54) is 6.07 Å². The molecule has 1 amide bonds. The van der Waals surface area contributed by atoms with E-state index >= 15 is 0 Å². The second-order valence-electron chi connectivity index (χ2n) is 7.84. The minimum atomic E-state index is -0.663. The molecule has 0 spiro atoms. The first-order valence-corrected chi connectivity index (χ1v) is 9.34. The molecule has 148 valence electrons. The van der Waals surface area contributed by atoms with Crippen LogP contribution in [0.25, 0.3) is 11.0 Å². The van der Waals surface area contributed by atoms with Gasteiger partial charge in [0, 0.05) is 43.5 Å². The monoisotopic (exact) mass is 386 g/mol. The molecule has 9 heteroatoms. The smallest absolute Gasteiger partial charge is 0.410 e. The predicted octanol–water partition coefficient (Wildman–Crippen LogP) is 1.48. The fraction of sp³-hybridized carbons (Fsp3) is 0.526. The minimum absolute atomic E-state index is 0.112. The summed E-state index contributed by atoms with van der Waals surface area (Å²) in [6, 6.07) is 1.20. The van der Waals surface area contributed by atoms with E-state index in [-0.39, 0.29) is 22.6 Å². The van der Waals surface area contributed by atoms with Crippen LogP contribution in [-0.4, -0.2) is 60.6 Å². The second-order valence-corrected chi connectivity index (χ2v) is 7.84. The number of hydrogen-bond donors (Lipinski definition) is 1. The van der Waals surface area contributed by atoms with E-state index in [2.05, 4.69) is 9.97 Å². The van der Waals surface area contributed by atoms with Gasteiger partial charge < -0.3 is 19.5 Å². The zero-order chi connectivity index (χ0) is 20.6. The molecule has 0 aromatic carbocycles. The Morgan fingerprint density at radius 2 is 1.96 bits per heavy atom. The third-order valence-corrected chi connectivity index (χ3v) is 4.61. The average molecular weight is 386 g/mol. The molecular formula is C19H24BFN4O3. The summed E-state index contributed by atoms with van der Waals surface area (Å²) < 4.78 is 19.1. The van der Waals surface area contributed by atoms with Crippen molar-refractivity contribution in [2.75, 3.05) is 31.1 Å². The molecule has 1 fully saturated rings. The highest BCUT2D eigenvalue weighted by atomic mass is 19.1. The Balaban J connectivity index is 1.88. The Hall–Kier alpha value is -2.58. The van der Waals surface area contributed by atoms with Gasteiger partial charge in [-0.2, -0.15) is 0 Å². The van der Waals surface area contributed by atoms with Gasteiger partial charge in [-0.1, -0.05) is 6.92 Å². The highest BCUT2D eigenvalue weighted by Crippen LogP contribution is 2.21. The standard InChI is InChI=1S/C19H24BFN4O3/c1-5-12-15(16(26)14-13(22-12)10-11(21)17(20)23-14)24-6-8-25(9-7-24)18(27)28-19(2,3)4/h10H,5-9H2,1-4H3,(H,22,26). The second kappa shape index (κ2) is 7.45. The topological polar surface area (TPSA) is 78.5 Å². The van der Waals surface area contributed by atoms with E-state index in [0.717, 1.165) is 0 Å². The number of aryl methyl sites for hydroxylation is 1.